The van der Waals surface area contributed by atoms with Gasteiger partial charge in [0.15, 0.2) is 6.29 Å². The highest BCUT2D eigenvalue weighted by molar-refractivity contribution is 6.10. The number of hydrogen-bond donors (Lipinski definition) is 2. The van der Waals surface area contributed by atoms with Crippen molar-refractivity contribution in [1.29, 1.82) is 0 Å². The quantitative estimate of drug-likeness (QED) is 0.222. The Hall–Kier alpha value is -5.12. The van der Waals surface area contributed by atoms with E-state index in [0.29, 0.717) is 0 Å². The summed E-state index contributed by atoms with van der Waals surface area (Å²) in [7, 11) is 0. The molecule has 0 spiro atoms. The molecule has 0 bridgehead atoms. The van der Waals surface area contributed by atoms with Crippen LogP contribution in [-0.4, -0.2) is 4.57 Å². The highest BCUT2D eigenvalue weighted by Crippen LogP contribution is 2.51. The maximum atomic E-state index is 4.03. The fraction of sp³-hybridized carbons (Fsp3) is 0.122. The number of anilines is 1. The van der Waals surface area contributed by atoms with Crippen molar-refractivity contribution in [3.05, 3.63) is 162 Å². The van der Waals surface area contributed by atoms with Crippen molar-refractivity contribution < 1.29 is 0 Å². The second-order valence-corrected chi connectivity index (χ2v) is 12.7. The van der Waals surface area contributed by atoms with Gasteiger partial charge in [-0.25, -0.2) is 0 Å². The van der Waals surface area contributed by atoms with E-state index in [0.717, 1.165) is 5.69 Å². The standard InChI is InChI=1S/C41H33N3/c1-41(2)34-17-9-6-14-29(34)32-24-33-30-15-8-11-19-37(30)44(38(33)25-35(32)41)40-42-36-18-10-7-16-31(36)39(43-40)28-22-20-27(21-23-28)26-12-4-3-5-13-26/h3-25,39-40,42-43H,1-2H3. The Morgan fingerprint density at radius 1 is 0.568 bits per heavy atom. The van der Waals surface area contributed by atoms with Crippen molar-refractivity contribution >= 4 is 27.5 Å². The summed E-state index contributed by atoms with van der Waals surface area (Å²) < 4.78 is 2.48. The summed E-state index contributed by atoms with van der Waals surface area (Å²) in [6.45, 7) is 4.72. The molecule has 1 aliphatic heterocycles. The molecule has 9 rings (SSSR count). The van der Waals surface area contributed by atoms with Crippen LogP contribution in [0.4, 0.5) is 5.69 Å². The van der Waals surface area contributed by atoms with Crippen LogP contribution in [0.5, 0.6) is 0 Å². The maximum Gasteiger partial charge on any atom is 0.160 e. The molecule has 1 aliphatic carbocycles. The van der Waals surface area contributed by atoms with Crippen LogP contribution in [0.1, 0.15) is 48.4 Å². The third-order valence-corrected chi connectivity index (χ3v) is 9.91. The molecule has 7 aromatic rings. The van der Waals surface area contributed by atoms with Gasteiger partial charge in [-0.3, -0.25) is 5.32 Å². The highest BCUT2D eigenvalue weighted by Gasteiger charge is 2.37. The van der Waals surface area contributed by atoms with E-state index in [1.807, 2.05) is 0 Å². The Balaban J connectivity index is 1.21. The van der Waals surface area contributed by atoms with Gasteiger partial charge in [0.1, 0.15) is 0 Å². The first-order valence-corrected chi connectivity index (χ1v) is 15.5. The largest absolute Gasteiger partial charge is 0.352 e. The summed E-state index contributed by atoms with van der Waals surface area (Å²) in [6.07, 6.45) is -0.143. The van der Waals surface area contributed by atoms with Gasteiger partial charge in [-0.2, -0.15) is 0 Å². The van der Waals surface area contributed by atoms with Gasteiger partial charge in [-0.05, 0) is 68.8 Å². The van der Waals surface area contributed by atoms with E-state index >= 15 is 0 Å². The summed E-state index contributed by atoms with van der Waals surface area (Å²) in [5.74, 6) is 0. The smallest absolute Gasteiger partial charge is 0.160 e. The van der Waals surface area contributed by atoms with Crippen molar-refractivity contribution in [2.45, 2.75) is 31.6 Å². The number of fused-ring (bicyclic) bond motifs is 7. The fourth-order valence-corrected chi connectivity index (χ4v) is 7.70. The Morgan fingerprint density at radius 2 is 1.27 bits per heavy atom. The first kappa shape index (κ1) is 25.4. The van der Waals surface area contributed by atoms with Gasteiger partial charge in [0.25, 0.3) is 0 Å². The average Bonchev–Trinajstić information content (AvgIpc) is 3.52. The Morgan fingerprint density at radius 3 is 2.14 bits per heavy atom. The first-order valence-electron chi connectivity index (χ1n) is 15.5. The van der Waals surface area contributed by atoms with E-state index in [4.69, 9.17) is 0 Å². The molecule has 0 saturated heterocycles. The van der Waals surface area contributed by atoms with Crippen LogP contribution in [0, 0.1) is 0 Å². The minimum absolute atomic E-state index is 0.0357. The zero-order valence-electron chi connectivity index (χ0n) is 24.9. The minimum atomic E-state index is -0.143. The normalized spacial score (nSPS) is 18.0. The number of benzene rings is 6. The molecule has 2 unspecified atom stereocenters. The molecule has 0 amide bonds. The molecule has 2 aliphatic rings. The molecule has 0 radical (unpaired) electrons. The molecule has 1 aromatic heterocycles. The van der Waals surface area contributed by atoms with Crippen LogP contribution < -0.4 is 10.6 Å². The summed E-state index contributed by atoms with van der Waals surface area (Å²) in [5, 5.41) is 10.5. The predicted octanol–water partition coefficient (Wildman–Crippen LogP) is 10.0. The zero-order chi connectivity index (χ0) is 29.4. The van der Waals surface area contributed by atoms with Crippen molar-refractivity contribution in [3.63, 3.8) is 0 Å². The highest BCUT2D eigenvalue weighted by atomic mass is 15.3. The second-order valence-electron chi connectivity index (χ2n) is 12.7. The van der Waals surface area contributed by atoms with Crippen LogP contribution in [0.15, 0.2) is 140 Å². The summed E-state index contributed by atoms with van der Waals surface area (Å²) in [6, 6.07) is 51.0. The second kappa shape index (κ2) is 9.44. The molecule has 2 N–H and O–H groups in total. The average molecular weight is 568 g/mol. The molecule has 2 heterocycles. The number of aromatic nitrogens is 1. The van der Waals surface area contributed by atoms with E-state index in [9.17, 15) is 0 Å². The van der Waals surface area contributed by atoms with E-state index in [2.05, 4.69) is 169 Å². The molecule has 3 heteroatoms. The third kappa shape index (κ3) is 3.66. The number of rotatable bonds is 3. The van der Waals surface area contributed by atoms with Crippen molar-refractivity contribution in [3.8, 4) is 22.3 Å². The number of nitrogens with one attached hydrogen (secondary N) is 2. The van der Waals surface area contributed by atoms with E-state index in [-0.39, 0.29) is 17.7 Å². The van der Waals surface area contributed by atoms with Gasteiger partial charge in [0.05, 0.1) is 17.1 Å². The fourth-order valence-electron chi connectivity index (χ4n) is 7.70. The van der Waals surface area contributed by atoms with E-state index in [1.165, 1.54) is 66.3 Å². The van der Waals surface area contributed by atoms with Gasteiger partial charge in [-0.1, -0.05) is 129 Å². The first-order chi connectivity index (χ1) is 21.6. The predicted molar refractivity (Wildman–Crippen MR) is 183 cm³/mol. The molecule has 44 heavy (non-hydrogen) atoms. The molecule has 212 valence electrons. The molecule has 6 aromatic carbocycles. The lowest BCUT2D eigenvalue weighted by atomic mass is 9.82. The summed E-state index contributed by atoms with van der Waals surface area (Å²) >= 11 is 0. The van der Waals surface area contributed by atoms with Gasteiger partial charge in [-0.15, -0.1) is 0 Å². The molecule has 0 fully saturated rings. The van der Waals surface area contributed by atoms with Crippen molar-refractivity contribution in [2.75, 3.05) is 5.32 Å². The van der Waals surface area contributed by atoms with Crippen LogP contribution in [0.2, 0.25) is 0 Å². The van der Waals surface area contributed by atoms with E-state index < -0.39 is 0 Å². The third-order valence-electron chi connectivity index (χ3n) is 9.91. The van der Waals surface area contributed by atoms with Gasteiger partial charge >= 0.3 is 0 Å². The lowest BCUT2D eigenvalue weighted by molar-refractivity contribution is 0.417. The lowest BCUT2D eigenvalue weighted by Gasteiger charge is -2.36. The number of para-hydroxylation sites is 2. The number of nitrogens with zero attached hydrogens (tertiary/aromatic N) is 1. The monoisotopic (exact) mass is 567 g/mol. The van der Waals surface area contributed by atoms with Crippen molar-refractivity contribution in [1.82, 2.24) is 9.88 Å². The van der Waals surface area contributed by atoms with Crippen molar-refractivity contribution in [2.24, 2.45) is 0 Å². The Bertz CT molecular complexity index is 2210. The van der Waals surface area contributed by atoms with Crippen LogP contribution in [0.3, 0.4) is 0 Å². The lowest BCUT2D eigenvalue weighted by Crippen LogP contribution is -2.40. The van der Waals surface area contributed by atoms with Gasteiger partial charge in [0.2, 0.25) is 0 Å². The maximum absolute atomic E-state index is 4.03. The molecular weight excluding hydrogens is 534 g/mol. The van der Waals surface area contributed by atoms with Crippen LogP contribution in [-0.2, 0) is 5.41 Å². The van der Waals surface area contributed by atoms with Gasteiger partial charge < -0.3 is 9.88 Å². The molecular formula is C41H33N3. The molecule has 0 saturated carbocycles. The summed E-state index contributed by atoms with van der Waals surface area (Å²) in [4.78, 5) is 0. The minimum Gasteiger partial charge on any atom is -0.352 e. The molecule has 3 nitrogen and oxygen atoms in total. The zero-order valence-corrected chi connectivity index (χ0v) is 24.9. The van der Waals surface area contributed by atoms with Gasteiger partial charge in [0, 0.05) is 21.9 Å². The Kier molecular flexibility index (Phi) is 5.45. The molecule has 2 atom stereocenters. The number of hydrogen-bond acceptors (Lipinski definition) is 2. The summed E-state index contributed by atoms with van der Waals surface area (Å²) in [5.41, 5.74) is 14.0. The van der Waals surface area contributed by atoms with Crippen LogP contribution >= 0.6 is 0 Å². The van der Waals surface area contributed by atoms with Crippen LogP contribution in [0.25, 0.3) is 44.1 Å². The Labute approximate surface area is 257 Å². The van der Waals surface area contributed by atoms with E-state index in [1.54, 1.807) is 0 Å². The SMILES string of the molecule is CC1(C)c2ccccc2-c2cc3c4ccccc4n(C4Nc5ccccc5C(c5ccc(-c6ccccc6)cc5)N4)c3cc21. The topological polar surface area (TPSA) is 29.0 Å².